The second-order valence-electron chi connectivity index (χ2n) is 7.04. The second kappa shape index (κ2) is 9.86. The smallest absolute Gasteiger partial charge is 0.262 e. The molecular formula is C22H23N3O4S2. The Bertz CT molecular complexity index is 1130. The molecule has 0 fully saturated rings. The zero-order valence-corrected chi connectivity index (χ0v) is 18.4. The minimum atomic E-state index is -3.79. The summed E-state index contributed by atoms with van der Waals surface area (Å²) >= 11 is 1.30. The molecule has 0 bridgehead atoms. The van der Waals surface area contributed by atoms with Gasteiger partial charge in [0.05, 0.1) is 15.8 Å². The van der Waals surface area contributed by atoms with Gasteiger partial charge in [0.1, 0.15) is 6.04 Å². The van der Waals surface area contributed by atoms with Crippen LogP contribution in [0.25, 0.3) is 0 Å². The van der Waals surface area contributed by atoms with E-state index in [2.05, 4.69) is 10.6 Å². The van der Waals surface area contributed by atoms with Crippen molar-refractivity contribution in [1.82, 2.24) is 10.6 Å². The Hall–Kier alpha value is -3.01. The Labute approximate surface area is 185 Å². The molecule has 7 nitrogen and oxygen atoms in total. The van der Waals surface area contributed by atoms with Crippen LogP contribution in [0, 0.1) is 0 Å². The van der Waals surface area contributed by atoms with E-state index < -0.39 is 22.1 Å². The van der Waals surface area contributed by atoms with Crippen LogP contribution in [0.3, 0.4) is 0 Å². The largest absolute Gasteiger partial charge is 0.348 e. The number of thiophene rings is 1. The highest BCUT2D eigenvalue weighted by Crippen LogP contribution is 2.16. The first-order valence-electron chi connectivity index (χ1n) is 9.55. The summed E-state index contributed by atoms with van der Waals surface area (Å²) in [4.78, 5) is 26.1. The van der Waals surface area contributed by atoms with Crippen LogP contribution in [-0.2, 0) is 21.2 Å². The predicted molar refractivity (Wildman–Crippen MR) is 120 cm³/mol. The zero-order valence-electron chi connectivity index (χ0n) is 16.8. The van der Waals surface area contributed by atoms with Crippen LogP contribution in [0.5, 0.6) is 0 Å². The number of hydrogen-bond acceptors (Lipinski definition) is 5. The molecular weight excluding hydrogens is 434 g/mol. The number of primary sulfonamides is 1. The number of nitrogens with two attached hydrogens (primary N) is 1. The third-order valence-corrected chi connectivity index (χ3v) is 6.51. The van der Waals surface area contributed by atoms with Gasteiger partial charge in [0.25, 0.3) is 5.91 Å². The molecule has 3 aromatic rings. The third-order valence-electron chi connectivity index (χ3n) is 4.72. The van der Waals surface area contributed by atoms with Gasteiger partial charge >= 0.3 is 0 Å². The Morgan fingerprint density at radius 2 is 1.65 bits per heavy atom. The molecule has 0 spiro atoms. The first-order chi connectivity index (χ1) is 14.7. The minimum Gasteiger partial charge on any atom is -0.348 e. The van der Waals surface area contributed by atoms with Crippen molar-refractivity contribution in [3.8, 4) is 0 Å². The molecule has 9 heteroatoms. The highest BCUT2D eigenvalue weighted by molar-refractivity contribution is 7.89. The number of amides is 2. The van der Waals surface area contributed by atoms with Gasteiger partial charge in [0.2, 0.25) is 15.9 Å². The second-order valence-corrected chi connectivity index (χ2v) is 9.55. The number of carbonyl (C=O) groups excluding carboxylic acids is 2. The molecule has 0 aliphatic carbocycles. The van der Waals surface area contributed by atoms with Crippen molar-refractivity contribution in [3.05, 3.63) is 88.1 Å². The van der Waals surface area contributed by atoms with Crippen molar-refractivity contribution >= 4 is 33.2 Å². The molecule has 1 aromatic heterocycles. The number of rotatable bonds is 8. The molecule has 0 unspecified atom stereocenters. The average molecular weight is 458 g/mol. The van der Waals surface area contributed by atoms with Crippen molar-refractivity contribution in [2.24, 2.45) is 5.14 Å². The van der Waals surface area contributed by atoms with E-state index in [1.165, 1.54) is 23.5 Å². The topological polar surface area (TPSA) is 118 Å². The predicted octanol–water partition coefficient (Wildman–Crippen LogP) is 2.61. The maximum atomic E-state index is 13.0. The summed E-state index contributed by atoms with van der Waals surface area (Å²) in [5, 5.41) is 12.6. The van der Waals surface area contributed by atoms with E-state index in [1.807, 2.05) is 30.3 Å². The van der Waals surface area contributed by atoms with Gasteiger partial charge in [-0.1, -0.05) is 48.5 Å². The summed E-state index contributed by atoms with van der Waals surface area (Å²) in [6.45, 7) is 1.78. The monoisotopic (exact) mass is 457 g/mol. The van der Waals surface area contributed by atoms with Crippen molar-refractivity contribution in [1.29, 1.82) is 0 Å². The summed E-state index contributed by atoms with van der Waals surface area (Å²) in [5.74, 6) is -0.645. The first kappa shape index (κ1) is 22.7. The van der Waals surface area contributed by atoms with Gasteiger partial charge in [-0.25, -0.2) is 13.6 Å². The van der Waals surface area contributed by atoms with Gasteiger partial charge < -0.3 is 10.6 Å². The van der Waals surface area contributed by atoms with E-state index in [0.29, 0.717) is 16.9 Å². The van der Waals surface area contributed by atoms with E-state index in [-0.39, 0.29) is 16.7 Å². The van der Waals surface area contributed by atoms with Gasteiger partial charge in [0.15, 0.2) is 0 Å². The number of sulfonamides is 1. The van der Waals surface area contributed by atoms with Crippen LogP contribution in [0.2, 0.25) is 0 Å². The lowest BCUT2D eigenvalue weighted by molar-refractivity contribution is -0.123. The van der Waals surface area contributed by atoms with E-state index in [1.54, 1.807) is 36.6 Å². The normalized spacial score (nSPS) is 13.2. The van der Waals surface area contributed by atoms with Crippen LogP contribution in [-0.4, -0.2) is 26.3 Å². The van der Waals surface area contributed by atoms with Crippen LogP contribution in [0.15, 0.2) is 77.0 Å². The van der Waals surface area contributed by atoms with Crippen LogP contribution in [0.1, 0.15) is 33.8 Å². The first-order valence-corrected chi connectivity index (χ1v) is 12.0. The summed E-state index contributed by atoms with van der Waals surface area (Å²) in [5.41, 5.74) is 1.63. The molecule has 3 rings (SSSR count). The van der Waals surface area contributed by atoms with Gasteiger partial charge in [-0.2, -0.15) is 0 Å². The van der Waals surface area contributed by atoms with Crippen molar-refractivity contribution in [3.63, 3.8) is 0 Å². The van der Waals surface area contributed by atoms with Crippen molar-refractivity contribution in [2.45, 2.75) is 30.3 Å². The van der Waals surface area contributed by atoms with Crippen molar-refractivity contribution < 1.29 is 18.0 Å². The Kier molecular flexibility index (Phi) is 7.21. The lowest BCUT2D eigenvalue weighted by atomic mass is 10.0. The van der Waals surface area contributed by atoms with Gasteiger partial charge in [-0.05, 0) is 41.6 Å². The lowest BCUT2D eigenvalue weighted by Gasteiger charge is -2.22. The van der Waals surface area contributed by atoms with Gasteiger partial charge in [-0.3, -0.25) is 9.59 Å². The molecule has 0 aliphatic heterocycles. The van der Waals surface area contributed by atoms with Crippen LogP contribution >= 0.6 is 11.3 Å². The van der Waals surface area contributed by atoms with E-state index >= 15 is 0 Å². The average Bonchev–Trinajstić information content (AvgIpc) is 3.28. The fourth-order valence-electron chi connectivity index (χ4n) is 3.04. The number of hydrogen-bond donors (Lipinski definition) is 3. The molecule has 0 saturated carbocycles. The zero-order chi connectivity index (χ0) is 22.4. The van der Waals surface area contributed by atoms with E-state index in [9.17, 15) is 18.0 Å². The Morgan fingerprint density at radius 3 is 2.23 bits per heavy atom. The third kappa shape index (κ3) is 6.24. The van der Waals surface area contributed by atoms with Crippen molar-refractivity contribution in [2.75, 3.05) is 0 Å². The SMILES string of the molecule is C[C@@H](NC(=O)[C@H](Cc1ccccc1)NC(=O)c1cccs1)c1ccc(S(N)(=O)=O)cc1. The van der Waals surface area contributed by atoms with E-state index in [4.69, 9.17) is 5.14 Å². The van der Waals surface area contributed by atoms with Crippen LogP contribution < -0.4 is 15.8 Å². The Morgan fingerprint density at radius 1 is 0.968 bits per heavy atom. The number of nitrogens with one attached hydrogen (secondary N) is 2. The maximum Gasteiger partial charge on any atom is 0.262 e. The fraction of sp³-hybridized carbons (Fsp3) is 0.182. The van der Waals surface area contributed by atoms with Crippen LogP contribution in [0.4, 0.5) is 0 Å². The molecule has 2 atom stereocenters. The maximum absolute atomic E-state index is 13.0. The highest BCUT2D eigenvalue weighted by atomic mass is 32.2. The highest BCUT2D eigenvalue weighted by Gasteiger charge is 2.24. The summed E-state index contributed by atoms with van der Waals surface area (Å²) in [7, 11) is -3.79. The number of benzene rings is 2. The molecule has 31 heavy (non-hydrogen) atoms. The van der Waals surface area contributed by atoms with E-state index in [0.717, 1.165) is 5.56 Å². The molecule has 2 amide bonds. The molecule has 2 aromatic carbocycles. The quantitative estimate of drug-likeness (QED) is 0.482. The Balaban J connectivity index is 1.74. The fourth-order valence-corrected chi connectivity index (χ4v) is 4.18. The summed E-state index contributed by atoms with van der Waals surface area (Å²) in [6, 6.07) is 17.7. The molecule has 0 aliphatic rings. The molecule has 4 N–H and O–H groups in total. The molecule has 0 radical (unpaired) electrons. The standard InChI is InChI=1S/C22H23N3O4S2/c1-15(17-9-11-18(12-10-17)31(23,28)29)24-21(26)19(14-16-6-3-2-4-7-16)25-22(27)20-8-5-13-30-20/h2-13,15,19H,14H2,1H3,(H,24,26)(H,25,27)(H2,23,28,29)/t15-,19+/m1/s1. The summed E-state index contributed by atoms with van der Waals surface area (Å²) in [6.07, 6.45) is 0.334. The number of carbonyl (C=O) groups is 2. The molecule has 0 saturated heterocycles. The molecule has 162 valence electrons. The summed E-state index contributed by atoms with van der Waals surface area (Å²) < 4.78 is 22.8. The van der Waals surface area contributed by atoms with Gasteiger partial charge in [0, 0.05) is 6.42 Å². The minimum absolute atomic E-state index is 0.0000538. The molecule has 1 heterocycles. The van der Waals surface area contributed by atoms with Gasteiger partial charge in [-0.15, -0.1) is 11.3 Å². The lowest BCUT2D eigenvalue weighted by Crippen LogP contribution is -2.48.